The molecule has 1 aromatic heterocycles. The fourth-order valence-electron chi connectivity index (χ4n) is 1.86. The molecule has 2 heterocycles. The Hall–Kier alpha value is -0.940. The van der Waals surface area contributed by atoms with Crippen LogP contribution in [-0.4, -0.2) is 21.9 Å². The van der Waals surface area contributed by atoms with Gasteiger partial charge in [0, 0.05) is 4.75 Å². The van der Waals surface area contributed by atoms with Crippen molar-refractivity contribution in [1.82, 2.24) is 5.32 Å². The zero-order valence-corrected chi connectivity index (χ0v) is 10.3. The van der Waals surface area contributed by atoms with Gasteiger partial charge in [0.15, 0.2) is 0 Å². The molecule has 0 bridgehead atoms. The third-order valence-electron chi connectivity index (χ3n) is 2.70. The summed E-state index contributed by atoms with van der Waals surface area (Å²) in [7, 11) is 0. The number of carbonyl (C=O) groups is 1. The second kappa shape index (κ2) is 3.82. The summed E-state index contributed by atoms with van der Waals surface area (Å²) in [6.07, 6.45) is 0. The van der Waals surface area contributed by atoms with Crippen molar-refractivity contribution >= 4 is 17.7 Å². The summed E-state index contributed by atoms with van der Waals surface area (Å²) in [6.45, 7) is 5.74. The average Bonchev–Trinajstić information content (AvgIpc) is 2.69. The molecule has 0 aromatic carbocycles. The Morgan fingerprint density at radius 3 is 2.69 bits per heavy atom. The molecule has 0 amide bonds. The minimum absolute atomic E-state index is 0.0789. The van der Waals surface area contributed by atoms with Gasteiger partial charge >= 0.3 is 5.97 Å². The second-order valence-corrected chi connectivity index (χ2v) is 6.25. The molecule has 1 aliphatic heterocycles. The first-order valence-corrected chi connectivity index (χ1v) is 6.01. The number of carboxylic acids is 1. The van der Waals surface area contributed by atoms with Crippen LogP contribution in [0.1, 0.15) is 30.7 Å². The highest BCUT2D eigenvalue weighted by Crippen LogP contribution is 2.45. The largest absolute Gasteiger partial charge is 0.480 e. The van der Waals surface area contributed by atoms with Crippen molar-refractivity contribution < 1.29 is 14.3 Å². The van der Waals surface area contributed by atoms with E-state index in [0.29, 0.717) is 0 Å². The van der Waals surface area contributed by atoms with Gasteiger partial charge in [-0.25, -0.2) is 0 Å². The number of carboxylic acid groups (broad SMARTS) is 1. The van der Waals surface area contributed by atoms with Crippen molar-refractivity contribution in [3.05, 3.63) is 23.7 Å². The Bertz CT molecular complexity index is 413. The van der Waals surface area contributed by atoms with Gasteiger partial charge in [-0.1, -0.05) is 0 Å². The molecule has 2 rings (SSSR count). The molecule has 0 spiro atoms. The number of hydrogen-bond acceptors (Lipinski definition) is 4. The normalized spacial score (nSPS) is 28.2. The third-order valence-corrected chi connectivity index (χ3v) is 4.15. The van der Waals surface area contributed by atoms with Crippen molar-refractivity contribution in [2.45, 2.75) is 36.9 Å². The standard InChI is InChI=1S/C11H15NO3S/c1-6-4-5-7(15-6)9-12-8(10(13)14)11(2,3)16-9/h4-5,8-9,12H,1-3H3,(H,13,14)/t8-,9+/m0/s1. The summed E-state index contributed by atoms with van der Waals surface area (Å²) in [5.41, 5.74) is 0. The van der Waals surface area contributed by atoms with Gasteiger partial charge < -0.3 is 9.52 Å². The predicted molar refractivity (Wildman–Crippen MR) is 62.4 cm³/mol. The van der Waals surface area contributed by atoms with E-state index in [0.717, 1.165) is 11.5 Å². The first kappa shape index (κ1) is 11.5. The van der Waals surface area contributed by atoms with Crippen molar-refractivity contribution in [2.24, 2.45) is 0 Å². The lowest BCUT2D eigenvalue weighted by Crippen LogP contribution is -2.43. The highest BCUT2D eigenvalue weighted by Gasteiger charge is 2.46. The van der Waals surface area contributed by atoms with Gasteiger partial charge in [-0.3, -0.25) is 10.1 Å². The van der Waals surface area contributed by atoms with E-state index in [-0.39, 0.29) is 10.1 Å². The lowest BCUT2D eigenvalue weighted by molar-refractivity contribution is -0.139. The van der Waals surface area contributed by atoms with Crippen molar-refractivity contribution in [3.63, 3.8) is 0 Å². The van der Waals surface area contributed by atoms with Crippen LogP contribution in [0, 0.1) is 6.92 Å². The number of nitrogens with one attached hydrogen (secondary N) is 1. The maximum Gasteiger partial charge on any atom is 0.322 e. The molecule has 0 radical (unpaired) electrons. The third kappa shape index (κ3) is 1.97. The Labute approximate surface area is 98.4 Å². The van der Waals surface area contributed by atoms with Gasteiger partial charge in [0.25, 0.3) is 0 Å². The molecular formula is C11H15NO3S. The zero-order valence-electron chi connectivity index (χ0n) is 9.48. The van der Waals surface area contributed by atoms with E-state index in [1.807, 2.05) is 32.9 Å². The number of thioether (sulfide) groups is 1. The maximum absolute atomic E-state index is 11.1. The molecule has 1 aromatic rings. The molecular weight excluding hydrogens is 226 g/mol. The average molecular weight is 241 g/mol. The molecule has 0 unspecified atom stereocenters. The fraction of sp³-hybridized carbons (Fsp3) is 0.545. The maximum atomic E-state index is 11.1. The molecule has 88 valence electrons. The van der Waals surface area contributed by atoms with Crippen LogP contribution in [0.15, 0.2) is 16.5 Å². The van der Waals surface area contributed by atoms with Crippen molar-refractivity contribution in [2.75, 3.05) is 0 Å². The van der Waals surface area contributed by atoms with Crippen LogP contribution in [0.2, 0.25) is 0 Å². The molecule has 2 atom stereocenters. The van der Waals surface area contributed by atoms with Crippen molar-refractivity contribution in [1.29, 1.82) is 0 Å². The number of aryl methyl sites for hydroxylation is 1. The molecule has 5 heteroatoms. The van der Waals surface area contributed by atoms with Crippen LogP contribution in [0.25, 0.3) is 0 Å². The summed E-state index contributed by atoms with van der Waals surface area (Å²) < 4.78 is 5.18. The first-order chi connectivity index (χ1) is 7.40. The van der Waals surface area contributed by atoms with Crippen molar-refractivity contribution in [3.8, 4) is 0 Å². The summed E-state index contributed by atoms with van der Waals surface area (Å²) in [4.78, 5) is 11.1. The SMILES string of the molecule is Cc1ccc([C@@H]2N[C@@H](C(=O)O)C(C)(C)S2)o1. The van der Waals surface area contributed by atoms with Gasteiger partial charge in [-0.15, -0.1) is 11.8 Å². The molecule has 1 aliphatic rings. The van der Waals surface area contributed by atoms with Gasteiger partial charge in [-0.05, 0) is 32.9 Å². The zero-order chi connectivity index (χ0) is 11.9. The van der Waals surface area contributed by atoms with Gasteiger partial charge in [0.2, 0.25) is 0 Å². The molecule has 2 N–H and O–H groups in total. The van der Waals surface area contributed by atoms with Crippen LogP contribution < -0.4 is 5.32 Å². The minimum atomic E-state index is -0.816. The number of rotatable bonds is 2. The van der Waals surface area contributed by atoms with E-state index < -0.39 is 12.0 Å². The lowest BCUT2D eigenvalue weighted by Gasteiger charge is -2.20. The number of furan rings is 1. The van der Waals surface area contributed by atoms with Crippen LogP contribution in [0.5, 0.6) is 0 Å². The summed E-state index contributed by atoms with van der Waals surface area (Å²) >= 11 is 1.58. The summed E-state index contributed by atoms with van der Waals surface area (Å²) in [5.74, 6) is 0.816. The quantitative estimate of drug-likeness (QED) is 0.830. The van der Waals surface area contributed by atoms with E-state index in [1.165, 1.54) is 0 Å². The molecule has 16 heavy (non-hydrogen) atoms. The number of aliphatic carboxylic acids is 1. The highest BCUT2D eigenvalue weighted by atomic mass is 32.2. The van der Waals surface area contributed by atoms with E-state index >= 15 is 0 Å². The molecule has 1 fully saturated rings. The van der Waals surface area contributed by atoms with E-state index in [9.17, 15) is 4.79 Å². The summed E-state index contributed by atoms with van der Waals surface area (Å²) in [6, 6.07) is 3.23. The van der Waals surface area contributed by atoms with E-state index in [4.69, 9.17) is 9.52 Å². The molecule has 0 saturated carbocycles. The molecule has 4 nitrogen and oxygen atoms in total. The topological polar surface area (TPSA) is 62.5 Å². The van der Waals surface area contributed by atoms with Gasteiger partial charge in [-0.2, -0.15) is 0 Å². The van der Waals surface area contributed by atoms with Gasteiger partial charge in [0.05, 0.1) is 0 Å². The Morgan fingerprint density at radius 2 is 2.25 bits per heavy atom. The predicted octanol–water partition coefficient (Wildman–Crippen LogP) is 2.15. The Morgan fingerprint density at radius 1 is 1.56 bits per heavy atom. The Balaban J connectivity index is 2.20. The van der Waals surface area contributed by atoms with E-state index in [2.05, 4.69) is 5.32 Å². The minimum Gasteiger partial charge on any atom is -0.480 e. The highest BCUT2D eigenvalue weighted by molar-refractivity contribution is 8.01. The van der Waals surface area contributed by atoms with Crippen LogP contribution >= 0.6 is 11.8 Å². The van der Waals surface area contributed by atoms with Crippen LogP contribution in [-0.2, 0) is 4.79 Å². The van der Waals surface area contributed by atoms with Crippen LogP contribution in [0.4, 0.5) is 0 Å². The Kier molecular flexibility index (Phi) is 2.75. The monoisotopic (exact) mass is 241 g/mol. The smallest absolute Gasteiger partial charge is 0.322 e. The summed E-state index contributed by atoms with van der Waals surface area (Å²) in [5, 5.41) is 12.1. The van der Waals surface area contributed by atoms with E-state index in [1.54, 1.807) is 11.8 Å². The number of hydrogen-bond donors (Lipinski definition) is 2. The molecule has 1 saturated heterocycles. The van der Waals surface area contributed by atoms with Gasteiger partial charge in [0.1, 0.15) is 22.9 Å². The first-order valence-electron chi connectivity index (χ1n) is 5.13. The van der Waals surface area contributed by atoms with Crippen LogP contribution in [0.3, 0.4) is 0 Å². The lowest BCUT2D eigenvalue weighted by atomic mass is 10.0. The fourth-order valence-corrected chi connectivity index (χ4v) is 3.22. The second-order valence-electron chi connectivity index (χ2n) is 4.49. The molecule has 0 aliphatic carbocycles.